The SMILES string of the molecule is CN1C[C@H](c2cccc(F)c2F)[C@H]2[C@@H]1C1CCN2CC1. The number of benzene rings is 1. The van der Waals surface area contributed by atoms with Crippen molar-refractivity contribution in [3.05, 3.63) is 35.4 Å². The highest BCUT2D eigenvalue weighted by atomic mass is 19.2. The molecule has 108 valence electrons. The number of hydrogen-bond donors (Lipinski definition) is 0. The van der Waals surface area contributed by atoms with E-state index < -0.39 is 11.6 Å². The van der Waals surface area contributed by atoms with Crippen LogP contribution >= 0.6 is 0 Å². The second kappa shape index (κ2) is 4.50. The normalized spacial score (nSPS) is 40.0. The molecule has 0 spiro atoms. The minimum Gasteiger partial charge on any atom is -0.301 e. The third-order valence-corrected chi connectivity index (χ3v) is 5.62. The third-order valence-electron chi connectivity index (χ3n) is 5.62. The van der Waals surface area contributed by atoms with Crippen molar-refractivity contribution in [3.63, 3.8) is 0 Å². The number of piperidine rings is 3. The highest BCUT2D eigenvalue weighted by Gasteiger charge is 2.52. The Hall–Kier alpha value is -1.00. The van der Waals surface area contributed by atoms with E-state index in [1.807, 2.05) is 0 Å². The lowest BCUT2D eigenvalue weighted by Gasteiger charge is -2.51. The molecule has 0 amide bonds. The van der Waals surface area contributed by atoms with E-state index in [1.165, 1.54) is 18.9 Å². The second-order valence-electron chi connectivity index (χ2n) is 6.54. The summed E-state index contributed by atoms with van der Waals surface area (Å²) < 4.78 is 27.7. The highest BCUT2D eigenvalue weighted by molar-refractivity contribution is 5.29. The Morgan fingerprint density at radius 3 is 2.60 bits per heavy atom. The zero-order valence-electron chi connectivity index (χ0n) is 11.7. The standard InChI is InChI=1S/C16H20F2N2/c1-19-9-12(11-3-2-4-13(17)14(11)18)16-15(19)10-5-7-20(16)8-6-10/h2-4,10,12,15-16H,5-9H2,1H3/t12-,15+,16+/m1/s1. The van der Waals surface area contributed by atoms with E-state index in [1.54, 1.807) is 12.1 Å². The van der Waals surface area contributed by atoms with Gasteiger partial charge in [0.15, 0.2) is 11.6 Å². The van der Waals surface area contributed by atoms with Gasteiger partial charge in [0.25, 0.3) is 0 Å². The molecule has 3 atom stereocenters. The second-order valence-corrected chi connectivity index (χ2v) is 6.54. The molecule has 2 bridgehead atoms. The quantitative estimate of drug-likeness (QED) is 0.778. The van der Waals surface area contributed by atoms with Gasteiger partial charge in [0.1, 0.15) is 0 Å². The molecule has 0 N–H and O–H groups in total. The lowest BCUT2D eigenvalue weighted by molar-refractivity contribution is -0.0000354. The van der Waals surface area contributed by atoms with E-state index in [9.17, 15) is 8.78 Å². The molecule has 2 nitrogen and oxygen atoms in total. The summed E-state index contributed by atoms with van der Waals surface area (Å²) in [5.41, 5.74) is 0.567. The van der Waals surface area contributed by atoms with E-state index in [-0.39, 0.29) is 5.92 Å². The largest absolute Gasteiger partial charge is 0.301 e. The van der Waals surface area contributed by atoms with Crippen LogP contribution in [0.2, 0.25) is 0 Å². The summed E-state index contributed by atoms with van der Waals surface area (Å²) in [6, 6.07) is 5.50. The molecule has 0 unspecified atom stereocenters. The van der Waals surface area contributed by atoms with Crippen molar-refractivity contribution in [1.82, 2.24) is 9.80 Å². The van der Waals surface area contributed by atoms with Crippen LogP contribution in [-0.2, 0) is 0 Å². The van der Waals surface area contributed by atoms with Crippen molar-refractivity contribution in [2.24, 2.45) is 5.92 Å². The molecular formula is C16H20F2N2. The average molecular weight is 278 g/mol. The van der Waals surface area contributed by atoms with Crippen LogP contribution in [0.15, 0.2) is 18.2 Å². The van der Waals surface area contributed by atoms with Gasteiger partial charge in [-0.05, 0) is 50.5 Å². The van der Waals surface area contributed by atoms with Crippen molar-refractivity contribution < 1.29 is 8.78 Å². The molecule has 0 radical (unpaired) electrons. The molecule has 4 aliphatic heterocycles. The van der Waals surface area contributed by atoms with Crippen LogP contribution in [0.4, 0.5) is 8.78 Å². The number of rotatable bonds is 1. The maximum Gasteiger partial charge on any atom is 0.162 e. The predicted octanol–water partition coefficient (Wildman–Crippen LogP) is 2.46. The zero-order chi connectivity index (χ0) is 13.9. The molecular weight excluding hydrogens is 258 g/mol. The van der Waals surface area contributed by atoms with Crippen molar-refractivity contribution in [2.75, 3.05) is 26.7 Å². The van der Waals surface area contributed by atoms with Gasteiger partial charge in [-0.2, -0.15) is 0 Å². The number of likely N-dealkylation sites (N-methyl/N-ethyl adjacent to an activating group) is 1. The number of halogens is 2. The topological polar surface area (TPSA) is 6.48 Å². The zero-order valence-corrected chi connectivity index (χ0v) is 11.7. The number of hydrogen-bond acceptors (Lipinski definition) is 2. The Kier molecular flexibility index (Phi) is 2.86. The summed E-state index contributed by atoms with van der Waals surface area (Å²) in [6.07, 6.45) is 2.51. The minimum atomic E-state index is -0.718. The van der Waals surface area contributed by atoms with Crippen LogP contribution in [0.5, 0.6) is 0 Å². The summed E-state index contributed by atoms with van der Waals surface area (Å²) >= 11 is 0. The Balaban J connectivity index is 1.74. The van der Waals surface area contributed by atoms with Gasteiger partial charge in [-0.25, -0.2) is 8.78 Å². The molecule has 1 aromatic carbocycles. The Morgan fingerprint density at radius 1 is 1.10 bits per heavy atom. The molecule has 1 aromatic rings. The van der Waals surface area contributed by atoms with Gasteiger partial charge in [-0.1, -0.05) is 12.1 Å². The van der Waals surface area contributed by atoms with E-state index in [2.05, 4.69) is 16.8 Å². The van der Waals surface area contributed by atoms with Crippen LogP contribution < -0.4 is 0 Å². The first-order valence-electron chi connectivity index (χ1n) is 7.55. The first-order valence-corrected chi connectivity index (χ1v) is 7.55. The first kappa shape index (κ1) is 12.7. The molecule has 20 heavy (non-hydrogen) atoms. The number of likely N-dealkylation sites (tertiary alicyclic amines) is 1. The number of fused-ring (bicyclic) bond motifs is 2. The lowest BCUT2D eigenvalue weighted by atomic mass is 9.75. The Labute approximate surface area is 118 Å². The van der Waals surface area contributed by atoms with Gasteiger partial charge in [0.2, 0.25) is 0 Å². The summed E-state index contributed by atoms with van der Waals surface area (Å²) in [5, 5.41) is 0. The van der Waals surface area contributed by atoms with Crippen molar-refractivity contribution in [1.29, 1.82) is 0 Å². The van der Waals surface area contributed by atoms with Crippen LogP contribution in [0, 0.1) is 17.6 Å². The van der Waals surface area contributed by atoms with Gasteiger partial charge in [-0.3, -0.25) is 4.90 Å². The van der Waals surface area contributed by atoms with Crippen LogP contribution in [0.1, 0.15) is 24.3 Å². The van der Waals surface area contributed by atoms with Gasteiger partial charge in [-0.15, -0.1) is 0 Å². The molecule has 4 saturated heterocycles. The van der Waals surface area contributed by atoms with Crippen LogP contribution in [0.3, 0.4) is 0 Å². The maximum atomic E-state index is 14.2. The fraction of sp³-hybridized carbons (Fsp3) is 0.625. The molecule has 0 saturated carbocycles. The molecule has 0 aliphatic carbocycles. The Morgan fingerprint density at radius 2 is 1.85 bits per heavy atom. The molecule has 0 aromatic heterocycles. The molecule has 4 aliphatic rings. The van der Waals surface area contributed by atoms with E-state index in [0.717, 1.165) is 25.6 Å². The van der Waals surface area contributed by atoms with Crippen LogP contribution in [0.25, 0.3) is 0 Å². The summed E-state index contributed by atoms with van der Waals surface area (Å²) in [7, 11) is 2.14. The predicted molar refractivity (Wildman–Crippen MR) is 73.6 cm³/mol. The van der Waals surface area contributed by atoms with Gasteiger partial charge >= 0.3 is 0 Å². The van der Waals surface area contributed by atoms with Crippen molar-refractivity contribution in [2.45, 2.75) is 30.8 Å². The highest BCUT2D eigenvalue weighted by Crippen LogP contribution is 2.46. The monoisotopic (exact) mass is 278 g/mol. The summed E-state index contributed by atoms with van der Waals surface area (Å²) in [5.74, 6) is -0.529. The summed E-state index contributed by atoms with van der Waals surface area (Å²) in [4.78, 5) is 4.87. The van der Waals surface area contributed by atoms with Gasteiger partial charge < -0.3 is 4.90 Å². The molecule has 5 rings (SSSR count). The van der Waals surface area contributed by atoms with E-state index in [4.69, 9.17) is 0 Å². The Bertz CT molecular complexity index is 525. The van der Waals surface area contributed by atoms with E-state index in [0.29, 0.717) is 17.6 Å². The third kappa shape index (κ3) is 1.67. The first-order chi connectivity index (χ1) is 9.66. The fourth-order valence-electron chi connectivity index (χ4n) is 4.80. The minimum absolute atomic E-state index is 0.101. The van der Waals surface area contributed by atoms with Crippen molar-refractivity contribution >= 4 is 0 Å². The number of nitrogens with zero attached hydrogens (tertiary/aromatic N) is 2. The molecule has 4 heteroatoms. The smallest absolute Gasteiger partial charge is 0.162 e. The van der Waals surface area contributed by atoms with Gasteiger partial charge in [0.05, 0.1) is 0 Å². The lowest BCUT2D eigenvalue weighted by Crippen LogP contribution is -2.59. The van der Waals surface area contributed by atoms with Crippen molar-refractivity contribution in [3.8, 4) is 0 Å². The van der Waals surface area contributed by atoms with E-state index >= 15 is 0 Å². The molecule has 4 heterocycles. The molecule has 4 fully saturated rings. The average Bonchev–Trinajstić information content (AvgIpc) is 2.83. The fourth-order valence-corrected chi connectivity index (χ4v) is 4.80. The summed E-state index contributed by atoms with van der Waals surface area (Å²) in [6.45, 7) is 3.07. The van der Waals surface area contributed by atoms with Gasteiger partial charge in [0, 0.05) is 24.5 Å². The maximum absolute atomic E-state index is 14.2. The van der Waals surface area contributed by atoms with Crippen LogP contribution in [-0.4, -0.2) is 48.6 Å².